The summed E-state index contributed by atoms with van der Waals surface area (Å²) in [5.74, 6) is 0.127. The van der Waals surface area contributed by atoms with Crippen molar-refractivity contribution in [1.82, 2.24) is 5.32 Å². The van der Waals surface area contributed by atoms with Gasteiger partial charge in [-0.05, 0) is 72.6 Å². The second-order valence-corrected chi connectivity index (χ2v) is 9.29. The molecule has 0 radical (unpaired) electrons. The molecule has 0 unspecified atom stereocenters. The zero-order valence-electron chi connectivity index (χ0n) is 16.6. The number of nitrogens with one attached hydrogen (secondary N) is 2. The number of hydrogen-bond donors (Lipinski definition) is 2. The van der Waals surface area contributed by atoms with E-state index in [9.17, 15) is 13.2 Å². The predicted molar refractivity (Wildman–Crippen MR) is 122 cm³/mol. The Hall–Kier alpha value is -2.74. The van der Waals surface area contributed by atoms with Crippen LogP contribution in [0.3, 0.4) is 0 Å². The van der Waals surface area contributed by atoms with E-state index in [1.165, 1.54) is 18.2 Å². The number of sulfonamides is 1. The van der Waals surface area contributed by atoms with Gasteiger partial charge in [0.25, 0.3) is 15.9 Å². The second-order valence-electron chi connectivity index (χ2n) is 6.73. The highest BCUT2D eigenvalue weighted by atomic mass is 35.5. The van der Waals surface area contributed by atoms with Crippen LogP contribution in [0.5, 0.6) is 5.75 Å². The molecule has 0 aromatic heterocycles. The molecular weight excluding hydrogens is 459 g/mol. The van der Waals surface area contributed by atoms with E-state index in [0.29, 0.717) is 33.6 Å². The number of benzene rings is 3. The topological polar surface area (TPSA) is 84.5 Å². The molecule has 0 fully saturated rings. The Morgan fingerprint density at radius 3 is 2.16 bits per heavy atom. The molecule has 0 saturated carbocycles. The molecule has 6 nitrogen and oxygen atoms in total. The fraction of sp³-hybridized carbons (Fsp3) is 0.136. The minimum Gasteiger partial charge on any atom is -0.484 e. The van der Waals surface area contributed by atoms with Gasteiger partial charge in [0.05, 0.1) is 4.90 Å². The Morgan fingerprint density at radius 2 is 1.55 bits per heavy atom. The normalized spacial score (nSPS) is 11.1. The van der Waals surface area contributed by atoms with Crippen LogP contribution >= 0.6 is 23.2 Å². The summed E-state index contributed by atoms with van der Waals surface area (Å²) < 4.78 is 33.2. The first-order chi connectivity index (χ1) is 14.7. The number of halogens is 2. The van der Waals surface area contributed by atoms with Crippen LogP contribution in [-0.4, -0.2) is 20.9 Å². The number of aryl methyl sites for hydroxylation is 1. The van der Waals surface area contributed by atoms with Crippen LogP contribution in [0.25, 0.3) is 0 Å². The zero-order chi connectivity index (χ0) is 22.4. The molecule has 0 aliphatic heterocycles. The molecule has 9 heteroatoms. The molecule has 2 N–H and O–H groups in total. The van der Waals surface area contributed by atoms with Crippen LogP contribution in [0.15, 0.2) is 71.6 Å². The number of rotatable bonds is 8. The van der Waals surface area contributed by atoms with Gasteiger partial charge in [-0.3, -0.25) is 9.52 Å². The quantitative estimate of drug-likeness (QED) is 0.486. The first-order valence-electron chi connectivity index (χ1n) is 9.26. The molecule has 31 heavy (non-hydrogen) atoms. The van der Waals surface area contributed by atoms with Crippen molar-refractivity contribution in [1.29, 1.82) is 0 Å². The van der Waals surface area contributed by atoms with Crippen LogP contribution in [-0.2, 0) is 21.4 Å². The van der Waals surface area contributed by atoms with E-state index in [0.717, 1.165) is 5.56 Å². The van der Waals surface area contributed by atoms with Crippen molar-refractivity contribution in [2.45, 2.75) is 18.4 Å². The van der Waals surface area contributed by atoms with Gasteiger partial charge in [0.1, 0.15) is 5.75 Å². The fourth-order valence-electron chi connectivity index (χ4n) is 2.68. The largest absolute Gasteiger partial charge is 0.484 e. The van der Waals surface area contributed by atoms with Crippen molar-refractivity contribution >= 4 is 44.8 Å². The maximum atomic E-state index is 12.6. The molecular formula is C22H20Cl2N2O4S. The maximum Gasteiger partial charge on any atom is 0.261 e. The molecule has 0 spiro atoms. The van der Waals surface area contributed by atoms with Crippen molar-refractivity contribution < 1.29 is 17.9 Å². The lowest BCUT2D eigenvalue weighted by atomic mass is 10.2. The number of carbonyl (C=O) groups is 1. The predicted octanol–water partition coefficient (Wildman–Crippen LogP) is 4.80. The smallest absolute Gasteiger partial charge is 0.261 e. The molecule has 162 valence electrons. The van der Waals surface area contributed by atoms with Crippen molar-refractivity contribution in [2.75, 3.05) is 11.3 Å². The number of ether oxygens (including phenoxy) is 1. The molecule has 0 saturated heterocycles. The summed E-state index contributed by atoms with van der Waals surface area (Å²) in [4.78, 5) is 12.1. The maximum absolute atomic E-state index is 12.6. The summed E-state index contributed by atoms with van der Waals surface area (Å²) in [6.07, 6.45) is 0. The Labute approximate surface area is 191 Å². The highest BCUT2D eigenvalue weighted by molar-refractivity contribution is 7.92. The monoisotopic (exact) mass is 478 g/mol. The summed E-state index contributed by atoms with van der Waals surface area (Å²) in [5, 5.41) is 3.89. The minimum absolute atomic E-state index is 0.0829. The van der Waals surface area contributed by atoms with Gasteiger partial charge in [-0.1, -0.05) is 35.3 Å². The summed E-state index contributed by atoms with van der Waals surface area (Å²) in [6, 6.07) is 17.9. The van der Waals surface area contributed by atoms with Gasteiger partial charge in [0.15, 0.2) is 6.61 Å². The molecule has 0 aliphatic rings. The molecule has 0 bridgehead atoms. The molecule has 0 atom stereocenters. The average molecular weight is 479 g/mol. The lowest BCUT2D eigenvalue weighted by Gasteiger charge is -2.12. The van der Waals surface area contributed by atoms with Crippen molar-refractivity contribution in [2.24, 2.45) is 0 Å². The van der Waals surface area contributed by atoms with Gasteiger partial charge < -0.3 is 10.1 Å². The van der Waals surface area contributed by atoms with E-state index < -0.39 is 10.0 Å². The SMILES string of the molecule is Cc1cc(S(=O)(=O)Nc2ccc(Cl)cc2)ccc1OCC(=O)NCc1ccc(Cl)cc1. The summed E-state index contributed by atoms with van der Waals surface area (Å²) in [5.41, 5.74) is 1.90. The number of amides is 1. The highest BCUT2D eigenvalue weighted by Crippen LogP contribution is 2.24. The van der Waals surface area contributed by atoms with Crippen LogP contribution in [0.4, 0.5) is 5.69 Å². The van der Waals surface area contributed by atoms with E-state index in [1.807, 2.05) is 12.1 Å². The molecule has 1 amide bonds. The third-order valence-electron chi connectivity index (χ3n) is 4.31. The van der Waals surface area contributed by atoms with Gasteiger partial charge >= 0.3 is 0 Å². The third kappa shape index (κ3) is 6.62. The highest BCUT2D eigenvalue weighted by Gasteiger charge is 2.16. The average Bonchev–Trinajstić information content (AvgIpc) is 2.74. The molecule has 3 aromatic carbocycles. The standard InChI is InChI=1S/C22H20Cl2N2O4S/c1-15-12-20(31(28,29)26-19-8-6-18(24)7-9-19)10-11-21(15)30-14-22(27)25-13-16-2-4-17(23)5-3-16/h2-12,26H,13-14H2,1H3,(H,25,27). The van der Waals surface area contributed by atoms with E-state index in [1.54, 1.807) is 43.3 Å². The number of carbonyl (C=O) groups excluding carboxylic acids is 1. The van der Waals surface area contributed by atoms with Crippen molar-refractivity contribution in [3.05, 3.63) is 87.9 Å². The number of hydrogen-bond acceptors (Lipinski definition) is 4. The van der Waals surface area contributed by atoms with Crippen molar-refractivity contribution in [3.8, 4) is 5.75 Å². The lowest BCUT2D eigenvalue weighted by Crippen LogP contribution is -2.28. The van der Waals surface area contributed by atoms with Gasteiger partial charge in [0, 0.05) is 22.3 Å². The lowest BCUT2D eigenvalue weighted by molar-refractivity contribution is -0.123. The molecule has 0 aliphatic carbocycles. The Balaban J connectivity index is 1.57. The Kier molecular flexibility index (Phi) is 7.43. The van der Waals surface area contributed by atoms with Crippen LogP contribution in [0, 0.1) is 6.92 Å². The summed E-state index contributed by atoms with van der Waals surface area (Å²) >= 11 is 11.7. The van der Waals surface area contributed by atoms with Crippen LogP contribution in [0.1, 0.15) is 11.1 Å². The molecule has 3 aromatic rings. The first kappa shape index (κ1) is 22.9. The molecule has 3 rings (SSSR count). The van der Waals surface area contributed by atoms with Gasteiger partial charge in [-0.15, -0.1) is 0 Å². The van der Waals surface area contributed by atoms with Gasteiger partial charge in [-0.25, -0.2) is 8.42 Å². The Morgan fingerprint density at radius 1 is 0.935 bits per heavy atom. The van der Waals surface area contributed by atoms with E-state index in [4.69, 9.17) is 27.9 Å². The van der Waals surface area contributed by atoms with E-state index >= 15 is 0 Å². The molecule has 0 heterocycles. The number of anilines is 1. The van der Waals surface area contributed by atoms with E-state index in [-0.39, 0.29) is 17.4 Å². The van der Waals surface area contributed by atoms with E-state index in [2.05, 4.69) is 10.0 Å². The first-order valence-corrected chi connectivity index (χ1v) is 11.5. The van der Waals surface area contributed by atoms with Gasteiger partial charge in [-0.2, -0.15) is 0 Å². The van der Waals surface area contributed by atoms with Crippen LogP contribution in [0.2, 0.25) is 10.0 Å². The van der Waals surface area contributed by atoms with Crippen molar-refractivity contribution in [3.63, 3.8) is 0 Å². The fourth-order valence-corrected chi connectivity index (χ4v) is 4.08. The zero-order valence-corrected chi connectivity index (χ0v) is 18.9. The van der Waals surface area contributed by atoms with Gasteiger partial charge in [0.2, 0.25) is 0 Å². The Bertz CT molecular complexity index is 1170. The van der Waals surface area contributed by atoms with Crippen LogP contribution < -0.4 is 14.8 Å². The summed E-state index contributed by atoms with van der Waals surface area (Å²) in [7, 11) is -3.78. The minimum atomic E-state index is -3.78. The third-order valence-corrected chi connectivity index (χ3v) is 6.20. The summed E-state index contributed by atoms with van der Waals surface area (Å²) in [6.45, 7) is 1.87. The second kappa shape index (κ2) is 10.0.